The van der Waals surface area contributed by atoms with Crippen LogP contribution < -0.4 is 15.4 Å². The molecule has 0 aliphatic rings. The SMILES string of the molecule is COc1ccccc1NC(=S)Nc1cccc(SCC(=O)c2ccc(Br)cc2)c1. The van der Waals surface area contributed by atoms with Gasteiger partial charge in [-0.05, 0) is 54.7 Å². The number of hydrogen-bond donors (Lipinski definition) is 2. The molecule has 0 saturated carbocycles. The van der Waals surface area contributed by atoms with Crippen LogP contribution in [0.3, 0.4) is 0 Å². The summed E-state index contributed by atoms with van der Waals surface area (Å²) in [6, 6.07) is 22.8. The number of hydrogen-bond acceptors (Lipinski definition) is 4. The van der Waals surface area contributed by atoms with Crippen LogP contribution in [0.1, 0.15) is 10.4 Å². The molecule has 3 rings (SSSR count). The maximum Gasteiger partial charge on any atom is 0.175 e. The average Bonchev–Trinajstić information content (AvgIpc) is 2.73. The molecular formula is C22H19BrN2O2S2. The quantitative estimate of drug-likeness (QED) is 0.234. The first-order valence-corrected chi connectivity index (χ1v) is 11.0. The molecule has 3 aromatic rings. The number of rotatable bonds is 7. The van der Waals surface area contributed by atoms with Gasteiger partial charge in [-0.2, -0.15) is 0 Å². The Morgan fingerprint density at radius 1 is 1.03 bits per heavy atom. The summed E-state index contributed by atoms with van der Waals surface area (Å²) in [7, 11) is 1.62. The highest BCUT2D eigenvalue weighted by Gasteiger charge is 2.08. The van der Waals surface area contributed by atoms with Crippen molar-refractivity contribution >= 4 is 62.2 Å². The Morgan fingerprint density at radius 2 is 1.79 bits per heavy atom. The second-order valence-corrected chi connectivity index (χ2v) is 8.40. The smallest absolute Gasteiger partial charge is 0.175 e. The zero-order chi connectivity index (χ0) is 20.6. The highest BCUT2D eigenvalue weighted by Crippen LogP contribution is 2.25. The maximum absolute atomic E-state index is 12.4. The van der Waals surface area contributed by atoms with Gasteiger partial charge in [0.2, 0.25) is 0 Å². The molecule has 4 nitrogen and oxygen atoms in total. The number of nitrogens with one attached hydrogen (secondary N) is 2. The van der Waals surface area contributed by atoms with Crippen molar-refractivity contribution in [3.63, 3.8) is 0 Å². The van der Waals surface area contributed by atoms with Crippen LogP contribution in [0.25, 0.3) is 0 Å². The van der Waals surface area contributed by atoms with E-state index in [1.807, 2.05) is 72.8 Å². The Balaban J connectivity index is 1.58. The minimum absolute atomic E-state index is 0.0919. The topological polar surface area (TPSA) is 50.4 Å². The molecule has 0 bridgehead atoms. The number of ketones is 1. The standard InChI is InChI=1S/C22H19BrN2O2S2/c1-27-21-8-3-2-7-19(21)25-22(28)24-17-5-4-6-18(13-17)29-14-20(26)15-9-11-16(23)12-10-15/h2-13H,14H2,1H3,(H2,24,25,28). The largest absolute Gasteiger partial charge is 0.495 e. The van der Waals surface area contributed by atoms with E-state index in [0.717, 1.165) is 20.7 Å². The van der Waals surface area contributed by atoms with Gasteiger partial charge < -0.3 is 15.4 Å². The van der Waals surface area contributed by atoms with Gasteiger partial charge in [-0.1, -0.05) is 46.3 Å². The molecular weight excluding hydrogens is 468 g/mol. The number of ether oxygens (including phenoxy) is 1. The number of halogens is 1. The molecule has 0 unspecified atom stereocenters. The lowest BCUT2D eigenvalue weighted by Gasteiger charge is -2.13. The van der Waals surface area contributed by atoms with Crippen molar-refractivity contribution < 1.29 is 9.53 Å². The molecule has 3 aromatic carbocycles. The Hall–Kier alpha value is -2.35. The number of para-hydroxylation sites is 2. The van der Waals surface area contributed by atoms with Crippen LogP contribution in [-0.4, -0.2) is 23.8 Å². The van der Waals surface area contributed by atoms with Gasteiger partial charge in [0.25, 0.3) is 0 Å². The minimum atomic E-state index is 0.0919. The van der Waals surface area contributed by atoms with Crippen molar-refractivity contribution in [1.29, 1.82) is 0 Å². The summed E-state index contributed by atoms with van der Waals surface area (Å²) in [6.45, 7) is 0. The van der Waals surface area contributed by atoms with Crippen LogP contribution in [0.2, 0.25) is 0 Å². The highest BCUT2D eigenvalue weighted by atomic mass is 79.9. The summed E-state index contributed by atoms with van der Waals surface area (Å²) >= 11 is 10.3. The molecule has 0 aliphatic heterocycles. The van der Waals surface area contributed by atoms with E-state index >= 15 is 0 Å². The van der Waals surface area contributed by atoms with Crippen LogP contribution in [0.15, 0.2) is 82.2 Å². The van der Waals surface area contributed by atoms with Gasteiger partial charge in [-0.3, -0.25) is 4.79 Å². The first-order valence-electron chi connectivity index (χ1n) is 8.78. The number of carbonyl (C=O) groups excluding carboxylic acids is 1. The molecule has 148 valence electrons. The molecule has 29 heavy (non-hydrogen) atoms. The molecule has 0 aliphatic carbocycles. The number of Topliss-reactive ketones (excluding diaryl/α,β-unsaturated/α-hetero) is 1. The summed E-state index contributed by atoms with van der Waals surface area (Å²) in [5.74, 6) is 1.18. The van der Waals surface area contributed by atoms with E-state index in [9.17, 15) is 4.79 Å². The van der Waals surface area contributed by atoms with Gasteiger partial charge in [0, 0.05) is 20.6 Å². The lowest BCUT2D eigenvalue weighted by atomic mass is 10.2. The third kappa shape index (κ3) is 6.32. The fourth-order valence-electron chi connectivity index (χ4n) is 2.56. The van der Waals surface area contributed by atoms with Gasteiger partial charge in [0.1, 0.15) is 5.75 Å². The second-order valence-electron chi connectivity index (χ2n) is 6.03. The van der Waals surface area contributed by atoms with E-state index in [1.54, 1.807) is 7.11 Å². The van der Waals surface area contributed by atoms with Crippen molar-refractivity contribution in [3.8, 4) is 5.75 Å². The van der Waals surface area contributed by atoms with Gasteiger partial charge in [0.15, 0.2) is 10.9 Å². The molecule has 0 atom stereocenters. The van der Waals surface area contributed by atoms with E-state index < -0.39 is 0 Å². The monoisotopic (exact) mass is 486 g/mol. The molecule has 0 radical (unpaired) electrons. The number of benzene rings is 3. The summed E-state index contributed by atoms with van der Waals surface area (Å²) in [4.78, 5) is 13.3. The van der Waals surface area contributed by atoms with E-state index in [-0.39, 0.29) is 5.78 Å². The minimum Gasteiger partial charge on any atom is -0.495 e. The molecule has 0 fully saturated rings. The number of thioether (sulfide) groups is 1. The van der Waals surface area contributed by atoms with E-state index in [1.165, 1.54) is 11.8 Å². The summed E-state index contributed by atoms with van der Waals surface area (Å²) in [5, 5.41) is 6.77. The number of methoxy groups -OCH3 is 1. The van der Waals surface area contributed by atoms with Gasteiger partial charge in [0.05, 0.1) is 18.6 Å². The Morgan fingerprint density at radius 3 is 2.55 bits per heavy atom. The maximum atomic E-state index is 12.4. The molecule has 2 N–H and O–H groups in total. The molecule has 7 heteroatoms. The third-order valence-corrected chi connectivity index (χ3v) is 5.71. The van der Waals surface area contributed by atoms with E-state index in [2.05, 4.69) is 26.6 Å². The number of carbonyl (C=O) groups is 1. The third-order valence-electron chi connectivity index (χ3n) is 3.98. The highest BCUT2D eigenvalue weighted by molar-refractivity contribution is 9.10. The fraction of sp³-hybridized carbons (Fsp3) is 0.0909. The van der Waals surface area contributed by atoms with Gasteiger partial charge >= 0.3 is 0 Å². The molecule has 0 saturated heterocycles. The van der Waals surface area contributed by atoms with Crippen molar-refractivity contribution in [2.75, 3.05) is 23.5 Å². The normalized spacial score (nSPS) is 10.3. The first kappa shape index (κ1) is 21.4. The van der Waals surface area contributed by atoms with Crippen LogP contribution in [0.5, 0.6) is 5.75 Å². The Labute approximate surface area is 188 Å². The number of anilines is 2. The predicted octanol–water partition coefficient (Wildman–Crippen LogP) is 6.24. The van der Waals surface area contributed by atoms with E-state index in [0.29, 0.717) is 22.2 Å². The van der Waals surface area contributed by atoms with Crippen LogP contribution in [0.4, 0.5) is 11.4 Å². The first-order chi connectivity index (χ1) is 14.0. The van der Waals surface area contributed by atoms with Crippen LogP contribution in [-0.2, 0) is 0 Å². The van der Waals surface area contributed by atoms with Crippen molar-refractivity contribution in [2.45, 2.75) is 4.90 Å². The molecule has 0 amide bonds. The van der Waals surface area contributed by atoms with Crippen molar-refractivity contribution in [2.24, 2.45) is 0 Å². The van der Waals surface area contributed by atoms with Crippen molar-refractivity contribution in [1.82, 2.24) is 0 Å². The summed E-state index contributed by atoms with van der Waals surface area (Å²) in [6.07, 6.45) is 0. The second kappa shape index (κ2) is 10.4. The zero-order valence-corrected chi connectivity index (χ0v) is 18.9. The van der Waals surface area contributed by atoms with Crippen LogP contribution >= 0.6 is 39.9 Å². The Bertz CT molecular complexity index is 1010. The summed E-state index contributed by atoms with van der Waals surface area (Å²) < 4.78 is 6.28. The molecule has 0 spiro atoms. The molecule has 0 aromatic heterocycles. The van der Waals surface area contributed by atoms with Gasteiger partial charge in [-0.15, -0.1) is 11.8 Å². The van der Waals surface area contributed by atoms with Crippen LogP contribution in [0, 0.1) is 0 Å². The molecule has 0 heterocycles. The Kier molecular flexibility index (Phi) is 7.69. The summed E-state index contributed by atoms with van der Waals surface area (Å²) in [5.41, 5.74) is 2.34. The predicted molar refractivity (Wildman–Crippen MR) is 128 cm³/mol. The van der Waals surface area contributed by atoms with Gasteiger partial charge in [-0.25, -0.2) is 0 Å². The van der Waals surface area contributed by atoms with Crippen molar-refractivity contribution in [3.05, 3.63) is 82.8 Å². The lowest BCUT2D eigenvalue weighted by molar-refractivity contribution is 0.102. The zero-order valence-electron chi connectivity index (χ0n) is 15.6. The number of thiocarbonyl (C=S) groups is 1. The van der Waals surface area contributed by atoms with E-state index in [4.69, 9.17) is 17.0 Å². The lowest BCUT2D eigenvalue weighted by Crippen LogP contribution is -2.19. The fourth-order valence-corrected chi connectivity index (χ4v) is 3.91. The average molecular weight is 487 g/mol.